The quantitative estimate of drug-likeness (QED) is 0.293. The smallest absolute Gasteiger partial charge is 0.459 e. The van der Waals surface area contributed by atoms with E-state index in [0.29, 0.717) is 0 Å². The lowest BCUT2D eigenvalue weighted by Gasteiger charge is -2.31. The molecule has 0 fully saturated rings. The fourth-order valence-corrected chi connectivity index (χ4v) is 4.63. The van der Waals surface area contributed by atoms with Crippen LogP contribution in [-0.4, -0.2) is 35.9 Å². The van der Waals surface area contributed by atoms with Crippen LogP contribution in [0.2, 0.25) is 0 Å². The first-order chi connectivity index (χ1) is 16.7. The lowest BCUT2D eigenvalue weighted by Crippen LogP contribution is -2.45. The van der Waals surface area contributed by atoms with Gasteiger partial charge in [-0.1, -0.05) is 60.7 Å². The Balaban J connectivity index is 2.12. The van der Waals surface area contributed by atoms with Crippen molar-refractivity contribution in [1.29, 1.82) is 0 Å². The number of phosphoric ester groups is 1. The number of nitrogens with one attached hydrogen (secondary N) is 1. The maximum Gasteiger partial charge on any atom is 0.475 e. The summed E-state index contributed by atoms with van der Waals surface area (Å²) in [6.45, 7) is 9.61. The van der Waals surface area contributed by atoms with Crippen LogP contribution in [0, 0.1) is 0 Å². The van der Waals surface area contributed by atoms with E-state index < -0.39 is 43.7 Å². The van der Waals surface area contributed by atoms with E-state index in [1.54, 1.807) is 65.8 Å². The summed E-state index contributed by atoms with van der Waals surface area (Å²) in [6.07, 6.45) is -0.868. The highest BCUT2D eigenvalue weighted by Gasteiger charge is 2.39. The Morgan fingerprint density at radius 3 is 1.67 bits per heavy atom. The van der Waals surface area contributed by atoms with Crippen LogP contribution in [0.1, 0.15) is 52.7 Å². The van der Waals surface area contributed by atoms with Gasteiger partial charge in [0.2, 0.25) is 0 Å². The molecule has 1 N–H and O–H groups in total. The lowest BCUT2D eigenvalue weighted by molar-refractivity contribution is -0.148. The maximum absolute atomic E-state index is 13.4. The highest BCUT2D eigenvalue weighted by molar-refractivity contribution is 7.48. The van der Waals surface area contributed by atoms with Gasteiger partial charge in [0.05, 0.1) is 17.8 Å². The number of benzene rings is 2. The first-order valence-electron chi connectivity index (χ1n) is 11.6. The fourth-order valence-electron chi connectivity index (χ4n) is 2.81. The molecule has 0 aliphatic heterocycles. The van der Waals surface area contributed by atoms with E-state index in [1.807, 2.05) is 36.4 Å². The van der Waals surface area contributed by atoms with Crippen molar-refractivity contribution >= 4 is 19.9 Å². The van der Waals surface area contributed by atoms with Crippen LogP contribution in [0.25, 0.3) is 0 Å². The van der Waals surface area contributed by atoms with Crippen molar-refractivity contribution in [3.05, 3.63) is 71.8 Å². The second kappa shape index (κ2) is 13.0. The summed E-state index contributed by atoms with van der Waals surface area (Å²) < 4.78 is 40.7. The topological polar surface area (TPSA) is 109 Å². The predicted molar refractivity (Wildman–Crippen MR) is 135 cm³/mol. The third-order valence-corrected chi connectivity index (χ3v) is 6.19. The molecule has 0 saturated carbocycles. The number of hydrogen-bond acceptors (Lipinski definition) is 8. The third kappa shape index (κ3) is 11.8. The number of carbonyl (C=O) groups excluding carboxylic acids is 2. The Bertz CT molecular complexity index is 996. The highest BCUT2D eigenvalue weighted by atomic mass is 31.2. The first-order valence-corrected chi connectivity index (χ1v) is 13.0. The number of hydrogen-bond donors (Lipinski definition) is 1. The molecule has 2 aromatic carbocycles. The molecule has 0 aliphatic carbocycles. The van der Waals surface area contributed by atoms with E-state index >= 15 is 0 Å². The van der Waals surface area contributed by atoms with Gasteiger partial charge in [0.15, 0.2) is 6.04 Å². The van der Waals surface area contributed by atoms with Gasteiger partial charge in [-0.05, 0) is 52.7 Å². The number of carbonyl (C=O) groups is 2. The van der Waals surface area contributed by atoms with Gasteiger partial charge in [-0.2, -0.15) is 0 Å². The summed E-state index contributed by atoms with van der Waals surface area (Å²) in [4.78, 5) is 25.3. The van der Waals surface area contributed by atoms with Crippen LogP contribution >= 0.6 is 7.82 Å². The van der Waals surface area contributed by atoms with Crippen molar-refractivity contribution in [2.45, 2.75) is 72.0 Å². The minimum atomic E-state index is -4.14. The molecule has 0 spiro atoms. The summed E-state index contributed by atoms with van der Waals surface area (Å²) >= 11 is 0. The zero-order valence-electron chi connectivity index (χ0n) is 21.7. The van der Waals surface area contributed by atoms with Crippen LogP contribution in [-0.2, 0) is 45.6 Å². The highest BCUT2D eigenvalue weighted by Crippen LogP contribution is 2.55. The predicted octanol–water partition coefficient (Wildman–Crippen LogP) is 5.78. The van der Waals surface area contributed by atoms with Gasteiger partial charge in [0.1, 0.15) is 13.2 Å². The molecule has 0 saturated heterocycles. The molecule has 2 aromatic rings. The van der Waals surface area contributed by atoms with Gasteiger partial charge in [-0.3, -0.25) is 13.6 Å². The van der Waals surface area contributed by atoms with E-state index in [2.05, 4.69) is 5.32 Å². The second-order valence-electron chi connectivity index (χ2n) is 10.0. The molecule has 198 valence electrons. The molecule has 0 radical (unpaired) electrons. The van der Waals surface area contributed by atoms with E-state index in [9.17, 15) is 14.2 Å². The van der Waals surface area contributed by atoms with E-state index in [4.69, 9.17) is 23.0 Å². The number of rotatable bonds is 11. The van der Waals surface area contributed by atoms with E-state index in [-0.39, 0.29) is 13.2 Å². The van der Waals surface area contributed by atoms with Crippen molar-refractivity contribution in [1.82, 2.24) is 5.32 Å². The monoisotopic (exact) mass is 521 g/mol. The largest absolute Gasteiger partial charge is 0.475 e. The molecule has 2 rings (SSSR count). The number of ether oxygens (including phenoxy) is 2. The van der Waals surface area contributed by atoms with Gasteiger partial charge in [-0.15, -0.1) is 0 Å². The molecule has 1 amide bonds. The normalized spacial score (nSPS) is 13.1. The van der Waals surface area contributed by atoms with E-state index in [1.165, 1.54) is 0 Å². The summed E-state index contributed by atoms with van der Waals surface area (Å²) in [5.74, 6) is -0.798. The minimum absolute atomic E-state index is 0.00191. The molecular formula is C26H36NO8P. The summed E-state index contributed by atoms with van der Waals surface area (Å²) in [5, 5.41) is 2.43. The minimum Gasteiger partial charge on any atom is -0.459 e. The van der Waals surface area contributed by atoms with Gasteiger partial charge in [0.25, 0.3) is 0 Å². The molecule has 0 bridgehead atoms. The second-order valence-corrected chi connectivity index (χ2v) is 11.5. The molecule has 36 heavy (non-hydrogen) atoms. The Hall–Kier alpha value is -2.71. The van der Waals surface area contributed by atoms with Crippen molar-refractivity contribution < 1.29 is 37.2 Å². The van der Waals surface area contributed by atoms with Crippen LogP contribution in [0.5, 0.6) is 0 Å². The molecule has 0 heterocycles. The van der Waals surface area contributed by atoms with Crippen LogP contribution < -0.4 is 5.32 Å². The number of amides is 1. The third-order valence-electron chi connectivity index (χ3n) is 4.18. The van der Waals surface area contributed by atoms with Crippen LogP contribution in [0.4, 0.5) is 4.79 Å². The number of alkyl carbamates (subject to hydrolysis) is 1. The summed E-state index contributed by atoms with van der Waals surface area (Å²) in [7, 11) is -4.14. The average Bonchev–Trinajstić information content (AvgIpc) is 2.77. The Kier molecular flexibility index (Phi) is 10.7. The average molecular weight is 522 g/mol. The van der Waals surface area contributed by atoms with Crippen molar-refractivity contribution in [3.63, 3.8) is 0 Å². The number of esters is 1. The van der Waals surface area contributed by atoms with Gasteiger partial charge in [-0.25, -0.2) is 14.2 Å². The molecule has 1 unspecified atom stereocenters. The summed E-state index contributed by atoms with van der Waals surface area (Å²) in [5.41, 5.74) is -0.207. The van der Waals surface area contributed by atoms with Gasteiger partial charge in [0, 0.05) is 0 Å². The number of phosphoric acid groups is 1. The standard InChI is InChI=1S/C26H36NO8P/c1-25(2,3)34-36(30,35-26(4,5)6)33-19-22(23(28)31-17-20-13-9-7-10-14-20)27-24(29)32-18-21-15-11-8-12-16-21/h7-16,22H,17-19H2,1-6H3,(H,27,29). The molecule has 9 nitrogen and oxygen atoms in total. The summed E-state index contributed by atoms with van der Waals surface area (Å²) in [6, 6.07) is 16.8. The lowest BCUT2D eigenvalue weighted by atomic mass is 10.2. The SMILES string of the molecule is CC(C)(C)OP(=O)(OCC(NC(=O)OCc1ccccc1)C(=O)OCc1ccccc1)OC(C)(C)C. The van der Waals surface area contributed by atoms with E-state index in [0.717, 1.165) is 11.1 Å². The van der Waals surface area contributed by atoms with Gasteiger partial charge >= 0.3 is 19.9 Å². The van der Waals surface area contributed by atoms with Crippen molar-refractivity contribution in [2.24, 2.45) is 0 Å². The molecule has 0 aromatic heterocycles. The van der Waals surface area contributed by atoms with Crippen molar-refractivity contribution in [2.75, 3.05) is 6.61 Å². The van der Waals surface area contributed by atoms with Crippen LogP contribution in [0.15, 0.2) is 60.7 Å². The van der Waals surface area contributed by atoms with Crippen molar-refractivity contribution in [3.8, 4) is 0 Å². The fraction of sp³-hybridized carbons (Fsp3) is 0.462. The van der Waals surface area contributed by atoms with Gasteiger partial charge < -0.3 is 14.8 Å². The molecule has 10 heteroatoms. The molecule has 1 atom stereocenters. The zero-order valence-corrected chi connectivity index (χ0v) is 22.6. The first kappa shape index (κ1) is 29.5. The zero-order chi connectivity index (χ0) is 26.8. The molecule has 0 aliphatic rings. The Morgan fingerprint density at radius 2 is 1.22 bits per heavy atom. The maximum atomic E-state index is 13.4. The Labute approximate surface area is 213 Å². The van der Waals surface area contributed by atoms with Crippen LogP contribution in [0.3, 0.4) is 0 Å². The molecular weight excluding hydrogens is 485 g/mol. The Morgan fingerprint density at radius 1 is 0.778 bits per heavy atom.